The van der Waals surface area contributed by atoms with E-state index >= 15 is 0 Å². The van der Waals surface area contributed by atoms with Crippen molar-refractivity contribution >= 4 is 70.9 Å². The number of aryl methyl sites for hydroxylation is 1. The molecule has 16 N–H and O–H groups in total. The third kappa shape index (κ3) is 21.3. The van der Waals surface area contributed by atoms with Crippen molar-refractivity contribution in [2.75, 3.05) is 39.9 Å². The topological polar surface area (TPSA) is 467 Å². The molecule has 4 heterocycles. The van der Waals surface area contributed by atoms with Gasteiger partial charge in [0, 0.05) is 32.5 Å². The average molecular weight is 1310 g/mol. The lowest BCUT2D eigenvalue weighted by atomic mass is 9.94. The lowest BCUT2D eigenvalue weighted by molar-refractivity contribution is -0.147. The zero-order valence-electron chi connectivity index (χ0n) is 54.0. The molecule has 4 saturated heterocycles. The molecular formula is C62H96N12O19. The van der Waals surface area contributed by atoms with Gasteiger partial charge in [-0.3, -0.25) is 57.5 Å². The number of allylic oxidation sites excluding steroid dienone is 1. The Balaban J connectivity index is 1.55. The number of nitrogens with two attached hydrogens (primary N) is 1. The van der Waals surface area contributed by atoms with Crippen LogP contribution in [-0.4, -0.2) is 241 Å². The number of carbonyl (C=O) groups excluding carboxylic acids is 12. The summed E-state index contributed by atoms with van der Waals surface area (Å²) in [6, 6.07) is -6.79. The van der Waals surface area contributed by atoms with Crippen molar-refractivity contribution in [2.45, 2.75) is 216 Å². The number of methoxy groups -OCH3 is 1. The quantitative estimate of drug-likeness (QED) is 0.0617. The second-order valence-electron chi connectivity index (χ2n) is 24.8. The van der Waals surface area contributed by atoms with Gasteiger partial charge < -0.3 is 98.3 Å². The van der Waals surface area contributed by atoms with Gasteiger partial charge >= 0.3 is 0 Å². The van der Waals surface area contributed by atoms with Gasteiger partial charge in [-0.2, -0.15) is 0 Å². The Morgan fingerprint density at radius 1 is 0.656 bits per heavy atom. The molecule has 31 heteroatoms. The van der Waals surface area contributed by atoms with Crippen LogP contribution in [0.5, 0.6) is 5.75 Å². The highest BCUT2D eigenvalue weighted by atomic mass is 16.5. The van der Waals surface area contributed by atoms with Crippen molar-refractivity contribution in [1.29, 1.82) is 0 Å². The fourth-order valence-electron chi connectivity index (χ4n) is 11.8. The van der Waals surface area contributed by atoms with E-state index in [1.807, 2.05) is 0 Å². The van der Waals surface area contributed by atoms with Gasteiger partial charge in [0.2, 0.25) is 59.1 Å². The smallest absolute Gasteiger partial charge is 0.268 e. The Hall–Kier alpha value is -7.84. The van der Waals surface area contributed by atoms with Crippen molar-refractivity contribution in [3.05, 3.63) is 41.6 Å². The van der Waals surface area contributed by atoms with Crippen molar-refractivity contribution in [1.82, 2.24) is 57.2 Å². The zero-order valence-corrected chi connectivity index (χ0v) is 54.0. The lowest BCUT2D eigenvalue weighted by Gasteiger charge is -2.33. The number of fused-ring (bicyclic) bond motifs is 3. The third-order valence-corrected chi connectivity index (χ3v) is 17.4. The van der Waals surface area contributed by atoms with Gasteiger partial charge in [0.15, 0.2) is 6.10 Å². The van der Waals surface area contributed by atoms with Crippen LogP contribution < -0.4 is 53.0 Å². The first-order valence-corrected chi connectivity index (χ1v) is 31.9. The van der Waals surface area contributed by atoms with Crippen molar-refractivity contribution in [2.24, 2.45) is 17.6 Å². The van der Waals surface area contributed by atoms with Crippen molar-refractivity contribution in [3.63, 3.8) is 0 Å². The lowest BCUT2D eigenvalue weighted by Crippen LogP contribution is -2.61. The standard InChI is InChI=1S/C62H96N12O19/c1-8-33(5)50-58(88)69-42(31-75)55(85)65-38(9-2)54(84)71-51(34(6)76)59(89)67-40(21-18-35-16-19-37(93-7)20-17-35)61(91)73-25-10-13-43(73)56(86)68-41(28-36(77)29-47(79)46(78)27-32(3)4)52(82)60(90)66-39(22-23-48(63)80)53(83)64-30-49(81)72-24-12-15-45(72)62(92)74-26-11-14-44(74)57(87)70-50/h9,16-17,19-20,32-34,36,39-47,50-52,75-79,82H,8,10-15,18,21-31H2,1-7H3,(H2,63,80)(H,64,83)(H,65,85)(H,66,90)(H,67,89)(H,68,86)(H,69,88)(H,70,87)(H,71,84)/b38-9+/t33-,34+,36+,39-,40+,41+,42-,43-,44-,45-,46+,47-,50+,51-,52+/m0/s1. The van der Waals surface area contributed by atoms with E-state index in [0.717, 1.165) is 17.9 Å². The molecule has 15 atom stereocenters. The minimum atomic E-state index is -2.34. The molecule has 1 aromatic rings. The second kappa shape index (κ2) is 36.0. The van der Waals surface area contributed by atoms with Crippen molar-refractivity contribution in [3.8, 4) is 5.75 Å². The van der Waals surface area contributed by atoms with Gasteiger partial charge in [0.25, 0.3) is 11.8 Å². The number of benzene rings is 1. The first-order chi connectivity index (χ1) is 44.0. The second-order valence-corrected chi connectivity index (χ2v) is 24.8. The van der Waals surface area contributed by atoms with E-state index in [2.05, 4.69) is 42.5 Å². The number of primary amides is 1. The minimum absolute atomic E-state index is 0.0202. The molecule has 31 nitrogen and oxygen atoms in total. The van der Waals surface area contributed by atoms with Crippen LogP contribution in [0.1, 0.15) is 131 Å². The zero-order chi connectivity index (χ0) is 69.0. The number of hydrogen-bond donors (Lipinski definition) is 15. The Bertz CT molecular complexity index is 2840. The first kappa shape index (κ1) is 75.9. The summed E-state index contributed by atoms with van der Waals surface area (Å²) >= 11 is 0. The SMILES string of the molecule is C/C=C1/NC(=O)[C@H](CO)NC(=O)[C@@H]([C@@H](C)CC)NC(=O)[C@@H]2CCCN2C(=O)[C@@H]2CCCN2C(=O)CNC(=O)[C@H](CCC(N)=O)NC(=O)[C@H](O)[C@@H](C[C@@H](O)C[C@H](O)[C@H](O)CC(C)C)NC(=O)[C@@H]2CCCN2C(=O)[C@@H](CCc2ccc(OC)cc2)NC(=O)[C@H]([C@@H](C)O)NC1=O. The summed E-state index contributed by atoms with van der Waals surface area (Å²) < 4.78 is 5.28. The van der Waals surface area contributed by atoms with Crippen LogP contribution in [0.25, 0.3) is 0 Å². The molecule has 5 rings (SSSR count). The van der Waals surface area contributed by atoms with Crippen LogP contribution in [0.2, 0.25) is 0 Å². The molecule has 0 bridgehead atoms. The number of amides is 12. The highest BCUT2D eigenvalue weighted by Gasteiger charge is 2.45. The molecule has 0 saturated carbocycles. The fourth-order valence-corrected chi connectivity index (χ4v) is 11.8. The van der Waals surface area contributed by atoms with Gasteiger partial charge in [0.05, 0.1) is 50.7 Å². The molecule has 4 fully saturated rings. The molecule has 0 aromatic heterocycles. The number of hydrogen-bond acceptors (Lipinski definition) is 19. The summed E-state index contributed by atoms with van der Waals surface area (Å²) in [4.78, 5) is 173. The van der Waals surface area contributed by atoms with Crippen LogP contribution in [0.4, 0.5) is 0 Å². The molecule has 12 amide bonds. The normalized spacial score (nSPS) is 28.0. The van der Waals surface area contributed by atoms with Crippen LogP contribution in [0, 0.1) is 11.8 Å². The average Bonchev–Trinajstić information content (AvgIpc) is 1.73. The van der Waals surface area contributed by atoms with Crippen LogP contribution >= 0.6 is 0 Å². The van der Waals surface area contributed by atoms with Gasteiger partial charge in [-0.05, 0) is 114 Å². The van der Waals surface area contributed by atoms with Gasteiger partial charge in [-0.1, -0.05) is 52.3 Å². The summed E-state index contributed by atoms with van der Waals surface area (Å²) in [7, 11) is 1.47. The van der Waals surface area contributed by atoms with E-state index < -0.39 is 206 Å². The maximum absolute atomic E-state index is 15.0. The summed E-state index contributed by atoms with van der Waals surface area (Å²) in [5, 5.41) is 86.1. The summed E-state index contributed by atoms with van der Waals surface area (Å²) in [6.07, 6.45) is -7.95. The molecule has 518 valence electrons. The monoisotopic (exact) mass is 1310 g/mol. The number of nitrogens with zero attached hydrogens (tertiary/aromatic N) is 3. The predicted molar refractivity (Wildman–Crippen MR) is 331 cm³/mol. The molecule has 0 radical (unpaired) electrons. The van der Waals surface area contributed by atoms with E-state index in [4.69, 9.17) is 10.5 Å². The number of aliphatic hydroxyl groups is 6. The summed E-state index contributed by atoms with van der Waals surface area (Å²) in [6.45, 7) is 7.76. The van der Waals surface area contributed by atoms with Crippen LogP contribution in [0.15, 0.2) is 36.0 Å². The first-order valence-electron chi connectivity index (χ1n) is 31.9. The van der Waals surface area contributed by atoms with Crippen LogP contribution in [0.3, 0.4) is 0 Å². The van der Waals surface area contributed by atoms with E-state index in [-0.39, 0.29) is 70.5 Å². The maximum Gasteiger partial charge on any atom is 0.268 e. The van der Waals surface area contributed by atoms with E-state index in [1.54, 1.807) is 52.0 Å². The number of rotatable bonds is 18. The molecular weight excluding hydrogens is 1220 g/mol. The molecule has 93 heavy (non-hydrogen) atoms. The molecule has 0 unspecified atom stereocenters. The van der Waals surface area contributed by atoms with Gasteiger partial charge in [-0.15, -0.1) is 0 Å². The largest absolute Gasteiger partial charge is 0.497 e. The molecule has 0 aliphatic carbocycles. The van der Waals surface area contributed by atoms with Crippen molar-refractivity contribution < 1.29 is 92.9 Å². The summed E-state index contributed by atoms with van der Waals surface area (Å²) in [5.41, 5.74) is 5.61. The van der Waals surface area contributed by atoms with E-state index in [9.17, 15) is 88.2 Å². The molecule has 4 aliphatic heterocycles. The Morgan fingerprint density at radius 2 is 1.22 bits per heavy atom. The predicted octanol–water partition coefficient (Wildman–Crippen LogP) is -4.39. The Morgan fingerprint density at radius 3 is 1.78 bits per heavy atom. The number of ether oxygens (including phenoxy) is 1. The Labute approximate surface area is 540 Å². The van der Waals surface area contributed by atoms with Gasteiger partial charge in [0.1, 0.15) is 59.8 Å². The highest BCUT2D eigenvalue weighted by Crippen LogP contribution is 2.27. The third-order valence-electron chi connectivity index (χ3n) is 17.4. The molecule has 1 aromatic carbocycles. The summed E-state index contributed by atoms with van der Waals surface area (Å²) in [5.74, 6) is -11.6. The van der Waals surface area contributed by atoms with Gasteiger partial charge in [-0.25, -0.2) is 0 Å². The van der Waals surface area contributed by atoms with E-state index in [0.29, 0.717) is 30.6 Å². The number of carbonyl (C=O) groups is 12. The highest BCUT2D eigenvalue weighted by molar-refractivity contribution is 6.03. The Kier molecular flexibility index (Phi) is 29.4. The minimum Gasteiger partial charge on any atom is -0.497 e. The van der Waals surface area contributed by atoms with E-state index in [1.165, 1.54) is 23.8 Å². The maximum atomic E-state index is 15.0. The van der Waals surface area contributed by atoms with Crippen LogP contribution in [-0.2, 0) is 64.0 Å². The number of aliphatic hydroxyl groups excluding tert-OH is 6. The molecule has 0 spiro atoms. The molecule has 4 aliphatic rings. The number of nitrogens with one attached hydrogen (secondary N) is 8. The fraction of sp³-hybridized carbons (Fsp3) is 0.677.